The number of ether oxygens (including phenoxy) is 3. The lowest BCUT2D eigenvalue weighted by Crippen LogP contribution is -2.06. The van der Waals surface area contributed by atoms with Crippen molar-refractivity contribution in [2.45, 2.75) is 0 Å². The molecule has 0 aliphatic rings. The van der Waals surface area contributed by atoms with Crippen LogP contribution < -0.4 is 4.74 Å². The Morgan fingerprint density at radius 2 is 2.00 bits per heavy atom. The van der Waals surface area contributed by atoms with E-state index in [1.54, 1.807) is 24.3 Å². The van der Waals surface area contributed by atoms with Crippen LogP contribution in [-0.2, 0) is 14.3 Å². The average Bonchev–Trinajstić information content (AvgIpc) is 2.57. The van der Waals surface area contributed by atoms with Crippen molar-refractivity contribution in [1.29, 1.82) is 0 Å². The molecule has 1 aromatic carbocycles. The van der Waals surface area contributed by atoms with Gasteiger partial charge in [-0.05, 0) is 6.07 Å². The fourth-order valence-corrected chi connectivity index (χ4v) is 1.87. The maximum absolute atomic E-state index is 13.4. The van der Waals surface area contributed by atoms with E-state index in [4.69, 9.17) is 25.8 Å². The second kappa shape index (κ2) is 7.55. The highest BCUT2D eigenvalue weighted by Crippen LogP contribution is 2.33. The summed E-state index contributed by atoms with van der Waals surface area (Å²) in [6.07, 6.45) is 2.20. The highest BCUT2D eigenvalue weighted by molar-refractivity contribution is 6.31. The van der Waals surface area contributed by atoms with Gasteiger partial charge in [0.05, 0.1) is 20.5 Å². The molecular formula is C15H12ClFN2O4. The van der Waals surface area contributed by atoms with Crippen LogP contribution in [-0.4, -0.2) is 30.2 Å². The van der Waals surface area contributed by atoms with Crippen LogP contribution in [0.5, 0.6) is 11.6 Å². The molecule has 0 atom stereocenters. The van der Waals surface area contributed by atoms with E-state index in [-0.39, 0.29) is 22.2 Å². The normalized spacial score (nSPS) is 11.0. The summed E-state index contributed by atoms with van der Waals surface area (Å²) in [7, 11) is 2.63. The largest absolute Gasteiger partial charge is 0.503 e. The zero-order chi connectivity index (χ0) is 16.8. The number of aromatic nitrogens is 2. The van der Waals surface area contributed by atoms with E-state index in [0.717, 1.165) is 6.33 Å². The van der Waals surface area contributed by atoms with Crippen molar-refractivity contribution >= 4 is 23.1 Å². The Labute approximate surface area is 136 Å². The molecule has 6 nitrogen and oxygen atoms in total. The molecule has 8 heteroatoms. The van der Waals surface area contributed by atoms with Gasteiger partial charge in [-0.3, -0.25) is 0 Å². The third-order valence-electron chi connectivity index (χ3n) is 2.74. The van der Waals surface area contributed by atoms with Gasteiger partial charge >= 0.3 is 5.97 Å². The summed E-state index contributed by atoms with van der Waals surface area (Å²) < 4.78 is 28.5. The third kappa shape index (κ3) is 3.75. The number of esters is 1. The summed E-state index contributed by atoms with van der Waals surface area (Å²) in [5, 5.41) is -0.363. The molecule has 1 aromatic heterocycles. The minimum atomic E-state index is -0.908. The lowest BCUT2D eigenvalue weighted by atomic mass is 10.1. The third-order valence-corrected chi connectivity index (χ3v) is 3.06. The molecule has 0 N–H and O–H groups in total. The molecule has 23 heavy (non-hydrogen) atoms. The molecule has 0 saturated heterocycles. The van der Waals surface area contributed by atoms with Crippen molar-refractivity contribution < 1.29 is 23.4 Å². The minimum absolute atomic E-state index is 0.122. The lowest BCUT2D eigenvalue weighted by Gasteiger charge is -2.12. The first kappa shape index (κ1) is 16.7. The second-order valence-electron chi connectivity index (χ2n) is 4.14. The van der Waals surface area contributed by atoms with Crippen LogP contribution in [0.15, 0.2) is 36.9 Å². The molecule has 0 amide bonds. The molecule has 0 saturated carbocycles. The van der Waals surface area contributed by atoms with Crippen molar-refractivity contribution in [2.24, 2.45) is 0 Å². The van der Waals surface area contributed by atoms with Gasteiger partial charge in [0.2, 0.25) is 11.8 Å². The van der Waals surface area contributed by atoms with Gasteiger partial charge in [-0.2, -0.15) is 9.37 Å². The SMILES string of the molecule is COC=C(C(=O)OC)c1ccccc1Oc1ncnc(F)c1Cl. The molecule has 0 aliphatic heterocycles. The number of hydrogen-bond donors (Lipinski definition) is 0. The van der Waals surface area contributed by atoms with Gasteiger partial charge in [0.15, 0.2) is 5.02 Å². The van der Waals surface area contributed by atoms with Crippen molar-refractivity contribution in [3.05, 3.63) is 53.4 Å². The maximum Gasteiger partial charge on any atom is 0.341 e. The van der Waals surface area contributed by atoms with Crippen LogP contribution >= 0.6 is 11.6 Å². The van der Waals surface area contributed by atoms with Crippen molar-refractivity contribution in [3.63, 3.8) is 0 Å². The predicted molar refractivity (Wildman–Crippen MR) is 80.5 cm³/mol. The lowest BCUT2D eigenvalue weighted by molar-refractivity contribution is -0.133. The fourth-order valence-electron chi connectivity index (χ4n) is 1.74. The number of halogens is 2. The zero-order valence-electron chi connectivity index (χ0n) is 12.2. The van der Waals surface area contributed by atoms with Gasteiger partial charge in [-0.25, -0.2) is 9.78 Å². The van der Waals surface area contributed by atoms with E-state index < -0.39 is 11.9 Å². The average molecular weight is 339 g/mol. The molecular weight excluding hydrogens is 327 g/mol. The molecule has 0 radical (unpaired) electrons. The number of hydrogen-bond acceptors (Lipinski definition) is 6. The van der Waals surface area contributed by atoms with Gasteiger partial charge < -0.3 is 14.2 Å². The van der Waals surface area contributed by atoms with Crippen molar-refractivity contribution in [1.82, 2.24) is 9.97 Å². The standard InChI is InChI=1S/C15H12ClFN2O4/c1-21-7-10(15(20)22-2)9-5-3-4-6-11(9)23-14-12(16)13(17)18-8-19-14/h3-8H,1-2H3. The first-order valence-electron chi connectivity index (χ1n) is 6.33. The maximum atomic E-state index is 13.4. The Morgan fingerprint density at radius 1 is 1.26 bits per heavy atom. The Balaban J connectivity index is 2.47. The molecule has 120 valence electrons. The van der Waals surface area contributed by atoms with Gasteiger partial charge in [0.1, 0.15) is 17.6 Å². The molecule has 0 bridgehead atoms. The van der Waals surface area contributed by atoms with E-state index in [2.05, 4.69) is 9.97 Å². The predicted octanol–water partition coefficient (Wildman–Crippen LogP) is 3.22. The summed E-state index contributed by atoms with van der Waals surface area (Å²) in [6, 6.07) is 6.55. The van der Waals surface area contributed by atoms with Gasteiger partial charge in [0, 0.05) is 5.56 Å². The number of methoxy groups -OCH3 is 2. The van der Waals surface area contributed by atoms with Crippen LogP contribution in [0.4, 0.5) is 4.39 Å². The van der Waals surface area contributed by atoms with E-state index >= 15 is 0 Å². The molecule has 0 fully saturated rings. The highest BCUT2D eigenvalue weighted by atomic mass is 35.5. The fraction of sp³-hybridized carbons (Fsp3) is 0.133. The summed E-state index contributed by atoms with van der Waals surface area (Å²) in [4.78, 5) is 19.0. The molecule has 0 spiro atoms. The molecule has 2 aromatic rings. The monoisotopic (exact) mass is 338 g/mol. The minimum Gasteiger partial charge on any atom is -0.503 e. The molecule has 0 aliphatic carbocycles. The quantitative estimate of drug-likeness (QED) is 0.361. The van der Waals surface area contributed by atoms with Crippen LogP contribution in [0.25, 0.3) is 5.57 Å². The molecule has 0 unspecified atom stereocenters. The van der Waals surface area contributed by atoms with Crippen LogP contribution in [0.2, 0.25) is 5.02 Å². The second-order valence-corrected chi connectivity index (χ2v) is 4.52. The smallest absolute Gasteiger partial charge is 0.341 e. The zero-order valence-corrected chi connectivity index (χ0v) is 13.0. The number of carbonyl (C=O) groups is 1. The topological polar surface area (TPSA) is 70.5 Å². The summed E-state index contributed by atoms with van der Waals surface area (Å²) >= 11 is 5.77. The van der Waals surface area contributed by atoms with E-state index in [0.29, 0.717) is 5.56 Å². The Kier molecular flexibility index (Phi) is 5.48. The Bertz CT molecular complexity index is 752. The number of carbonyl (C=O) groups excluding carboxylic acids is 1. The number of rotatable bonds is 5. The van der Waals surface area contributed by atoms with Crippen molar-refractivity contribution in [3.8, 4) is 11.6 Å². The van der Waals surface area contributed by atoms with Gasteiger partial charge in [0.25, 0.3) is 0 Å². The number of benzene rings is 1. The van der Waals surface area contributed by atoms with Crippen LogP contribution in [0.3, 0.4) is 0 Å². The first-order valence-corrected chi connectivity index (χ1v) is 6.70. The highest BCUT2D eigenvalue weighted by Gasteiger charge is 2.19. The van der Waals surface area contributed by atoms with Gasteiger partial charge in [-0.1, -0.05) is 29.8 Å². The number of para-hydroxylation sites is 1. The van der Waals surface area contributed by atoms with Crippen molar-refractivity contribution in [2.75, 3.05) is 14.2 Å². The Morgan fingerprint density at radius 3 is 2.70 bits per heavy atom. The van der Waals surface area contributed by atoms with Gasteiger partial charge in [-0.15, -0.1) is 0 Å². The van der Waals surface area contributed by atoms with E-state index in [9.17, 15) is 9.18 Å². The van der Waals surface area contributed by atoms with E-state index in [1.165, 1.54) is 20.5 Å². The summed E-state index contributed by atoms with van der Waals surface area (Å²) in [5.41, 5.74) is 0.493. The first-order chi connectivity index (χ1) is 11.1. The van der Waals surface area contributed by atoms with Crippen LogP contribution in [0, 0.1) is 5.95 Å². The molecule has 2 rings (SSSR count). The Hall–Kier alpha value is -2.67. The van der Waals surface area contributed by atoms with E-state index in [1.807, 2.05) is 0 Å². The summed E-state index contributed by atoms with van der Waals surface area (Å²) in [5.74, 6) is -1.48. The number of nitrogens with zero attached hydrogens (tertiary/aromatic N) is 2. The summed E-state index contributed by atoms with van der Waals surface area (Å²) in [6.45, 7) is 0. The molecule has 1 heterocycles. The van der Waals surface area contributed by atoms with Crippen LogP contribution in [0.1, 0.15) is 5.56 Å².